The highest BCUT2D eigenvalue weighted by molar-refractivity contribution is 6.71. The van der Waals surface area contributed by atoms with Crippen molar-refractivity contribution in [1.82, 2.24) is 4.90 Å². The molecule has 3 heterocycles. The molecule has 3 amide bonds. The zero-order valence-electron chi connectivity index (χ0n) is 27.5. The number of hydrogen-bond acceptors (Lipinski definition) is 7. The van der Waals surface area contributed by atoms with Gasteiger partial charge in [-0.15, -0.1) is 0 Å². The van der Waals surface area contributed by atoms with Crippen molar-refractivity contribution in [2.24, 2.45) is 5.92 Å². The second kappa shape index (κ2) is 13.0. The number of carbonyl (C=O) groups is 3. The van der Waals surface area contributed by atoms with Crippen LogP contribution < -0.4 is 10.2 Å². The Morgan fingerprint density at radius 2 is 1.83 bits per heavy atom. The zero-order valence-corrected chi connectivity index (χ0v) is 29.3. The Bertz CT molecular complexity index is 1750. The number of rotatable bonds is 8. The lowest BCUT2D eigenvalue weighted by molar-refractivity contribution is -0.151. The maximum atomic E-state index is 14.8. The Morgan fingerprint density at radius 3 is 2.52 bits per heavy atom. The van der Waals surface area contributed by atoms with E-state index in [2.05, 4.69) is 5.32 Å². The van der Waals surface area contributed by atoms with E-state index < -0.39 is 43.5 Å². The van der Waals surface area contributed by atoms with Gasteiger partial charge in [-0.3, -0.25) is 14.4 Å². The fourth-order valence-electron chi connectivity index (χ4n) is 7.92. The molecule has 3 aromatic rings. The van der Waals surface area contributed by atoms with Crippen LogP contribution in [0.15, 0.2) is 66.7 Å². The summed E-state index contributed by atoms with van der Waals surface area (Å²) in [6, 6.07) is 19.8. The van der Waals surface area contributed by atoms with Gasteiger partial charge in [0.1, 0.15) is 6.10 Å². The first-order valence-electron chi connectivity index (χ1n) is 16.3. The molecule has 254 valence electrons. The molecule has 0 bridgehead atoms. The summed E-state index contributed by atoms with van der Waals surface area (Å²) in [4.78, 5) is 56.0. The molecule has 1 fully saturated rings. The van der Waals surface area contributed by atoms with Crippen molar-refractivity contribution in [3.63, 3.8) is 0 Å². The predicted octanol–water partition coefficient (Wildman–Crippen LogP) is 4.34. The summed E-state index contributed by atoms with van der Waals surface area (Å²) in [6.07, 6.45) is -1.46. The van der Waals surface area contributed by atoms with Crippen molar-refractivity contribution in [1.29, 1.82) is 0 Å². The van der Waals surface area contributed by atoms with E-state index in [-0.39, 0.29) is 37.4 Å². The van der Waals surface area contributed by atoms with Crippen LogP contribution in [-0.4, -0.2) is 70.8 Å². The fraction of sp³-hybridized carbons (Fsp3) is 0.417. The van der Waals surface area contributed by atoms with Crippen LogP contribution in [-0.2, 0) is 44.2 Å². The van der Waals surface area contributed by atoms with Gasteiger partial charge in [0.2, 0.25) is 5.91 Å². The third-order valence-electron chi connectivity index (χ3n) is 10.1. The second-order valence-corrected chi connectivity index (χ2v) is 18.2. The van der Waals surface area contributed by atoms with E-state index in [1.807, 2.05) is 50.3 Å². The summed E-state index contributed by atoms with van der Waals surface area (Å²) in [5, 5.41) is 23.0. The Kier molecular flexibility index (Phi) is 9.31. The van der Waals surface area contributed by atoms with Crippen molar-refractivity contribution in [2.45, 2.75) is 82.3 Å². The van der Waals surface area contributed by atoms with Gasteiger partial charge >= 0.3 is 0 Å². The number of fused-ring (bicyclic) bond motifs is 3. The third kappa shape index (κ3) is 6.08. The molecule has 3 aromatic carbocycles. The number of benzene rings is 3. The maximum Gasteiger partial charge on any atom is 0.264 e. The third-order valence-corrected chi connectivity index (χ3v) is 12.9. The van der Waals surface area contributed by atoms with Crippen LogP contribution in [0.25, 0.3) is 0 Å². The van der Waals surface area contributed by atoms with E-state index in [0.717, 1.165) is 16.7 Å². The van der Waals surface area contributed by atoms with E-state index in [0.29, 0.717) is 34.9 Å². The van der Waals surface area contributed by atoms with Gasteiger partial charge in [0.25, 0.3) is 11.8 Å². The molecule has 1 spiro atoms. The maximum absolute atomic E-state index is 14.8. The molecule has 10 nitrogen and oxygen atoms in total. The highest BCUT2D eigenvalue weighted by Gasteiger charge is 2.66. The SMILES string of the molecule is C[C@H](O)C(=O)Nc1cccc(CN2C(=O)[C@@]3(O[C@@H](CC(=O)N4Cc5ccccc5C[C@H]4CO)[C@H]([Si](C)(C)O)[C@H]3C)c3cc(Cl)ccc32)c1. The monoisotopic (exact) mass is 691 g/mol. The summed E-state index contributed by atoms with van der Waals surface area (Å²) in [6.45, 7) is 7.25. The van der Waals surface area contributed by atoms with Crippen molar-refractivity contribution in [3.8, 4) is 0 Å². The Balaban J connectivity index is 1.33. The van der Waals surface area contributed by atoms with Crippen LogP contribution >= 0.6 is 11.6 Å². The number of hydrogen-bond donors (Lipinski definition) is 4. The number of nitrogens with zero attached hydrogens (tertiary/aromatic N) is 2. The molecule has 0 saturated carbocycles. The van der Waals surface area contributed by atoms with Gasteiger partial charge < -0.3 is 34.9 Å². The normalized spacial score (nSPS) is 25.6. The van der Waals surface area contributed by atoms with E-state index in [1.165, 1.54) is 6.92 Å². The van der Waals surface area contributed by atoms with Crippen molar-refractivity contribution < 1.29 is 34.1 Å². The minimum Gasteiger partial charge on any atom is -0.432 e. The van der Waals surface area contributed by atoms with Crippen LogP contribution in [0.5, 0.6) is 0 Å². The van der Waals surface area contributed by atoms with Crippen LogP contribution in [0, 0.1) is 5.92 Å². The lowest BCUT2D eigenvalue weighted by Crippen LogP contribution is -2.48. The molecule has 3 aliphatic heterocycles. The molecule has 0 aromatic heterocycles. The number of aliphatic hydroxyl groups is 2. The summed E-state index contributed by atoms with van der Waals surface area (Å²) >= 11 is 6.53. The molecule has 0 unspecified atom stereocenters. The second-order valence-electron chi connectivity index (χ2n) is 13.8. The summed E-state index contributed by atoms with van der Waals surface area (Å²) in [7, 11) is -3.05. The summed E-state index contributed by atoms with van der Waals surface area (Å²) in [5.41, 5.74) is 2.59. The molecule has 6 atom stereocenters. The molecular formula is C36H42ClN3O7Si. The number of halogens is 1. The van der Waals surface area contributed by atoms with Gasteiger partial charge in [-0.1, -0.05) is 54.9 Å². The number of anilines is 2. The first kappa shape index (κ1) is 34.3. The Labute approximate surface area is 286 Å². The van der Waals surface area contributed by atoms with Gasteiger partial charge in [-0.2, -0.15) is 0 Å². The predicted molar refractivity (Wildman–Crippen MR) is 185 cm³/mol. The smallest absolute Gasteiger partial charge is 0.264 e. The van der Waals surface area contributed by atoms with Crippen molar-refractivity contribution in [3.05, 3.63) is 94.0 Å². The molecular weight excluding hydrogens is 650 g/mol. The molecule has 0 radical (unpaired) electrons. The first-order chi connectivity index (χ1) is 22.7. The molecule has 6 rings (SSSR count). The van der Waals surface area contributed by atoms with Crippen LogP contribution in [0.4, 0.5) is 11.4 Å². The fourth-order valence-corrected chi connectivity index (χ4v) is 10.6. The highest BCUT2D eigenvalue weighted by atomic mass is 35.5. The summed E-state index contributed by atoms with van der Waals surface area (Å²) < 4.78 is 6.86. The van der Waals surface area contributed by atoms with Crippen LogP contribution in [0.1, 0.15) is 42.5 Å². The quantitative estimate of drug-likeness (QED) is 0.258. The van der Waals surface area contributed by atoms with E-state index in [9.17, 15) is 29.4 Å². The average molecular weight is 692 g/mol. The molecule has 0 aliphatic carbocycles. The number of nitrogens with one attached hydrogen (secondary N) is 1. The number of aliphatic hydroxyl groups excluding tert-OH is 2. The van der Waals surface area contributed by atoms with Gasteiger partial charge in [0.05, 0.1) is 37.4 Å². The number of amides is 3. The van der Waals surface area contributed by atoms with Crippen LogP contribution in [0.3, 0.4) is 0 Å². The Hall–Kier alpha value is -3.58. The lowest BCUT2D eigenvalue weighted by atomic mass is 9.82. The van der Waals surface area contributed by atoms with Gasteiger partial charge in [-0.05, 0) is 73.5 Å². The van der Waals surface area contributed by atoms with E-state index in [1.54, 1.807) is 46.2 Å². The standard InChI is InChI=1S/C36H42ClN3O7Si/c1-21-33(48(3,4)46)31(17-32(43)39-19-25-10-6-5-9-24(25)15-28(39)20-41)47-36(21)29-16-26(37)12-13-30(29)40(35(36)45)18-23-8-7-11-27(14-23)38-34(44)22(2)42/h5-14,16,21-22,28,31,33,41-42,46H,15,17-20H2,1-4H3,(H,38,44)/t21-,22+,28+,31+,33-,36+/m1/s1. The van der Waals surface area contributed by atoms with Gasteiger partial charge in [-0.25, -0.2) is 0 Å². The van der Waals surface area contributed by atoms with Crippen LogP contribution in [0.2, 0.25) is 23.7 Å². The minimum absolute atomic E-state index is 0.0549. The number of carbonyl (C=O) groups excluding carboxylic acids is 3. The topological polar surface area (TPSA) is 140 Å². The van der Waals surface area contributed by atoms with Crippen molar-refractivity contribution >= 4 is 49.0 Å². The highest BCUT2D eigenvalue weighted by Crippen LogP contribution is 2.60. The molecule has 3 aliphatic rings. The molecule has 1 saturated heterocycles. The largest absolute Gasteiger partial charge is 0.432 e. The van der Waals surface area contributed by atoms with Gasteiger partial charge in [0, 0.05) is 34.3 Å². The minimum atomic E-state index is -3.05. The Morgan fingerprint density at radius 1 is 1.10 bits per heavy atom. The number of ether oxygens (including phenoxy) is 1. The van der Waals surface area contributed by atoms with Gasteiger partial charge in [0.15, 0.2) is 13.9 Å². The van der Waals surface area contributed by atoms with E-state index in [4.69, 9.17) is 16.3 Å². The zero-order chi connectivity index (χ0) is 34.5. The van der Waals surface area contributed by atoms with E-state index >= 15 is 0 Å². The first-order valence-corrected chi connectivity index (χ1v) is 19.7. The molecule has 4 N–H and O–H groups in total. The average Bonchev–Trinajstić information content (AvgIpc) is 3.46. The lowest BCUT2D eigenvalue weighted by Gasteiger charge is -2.37. The van der Waals surface area contributed by atoms with Crippen molar-refractivity contribution in [2.75, 3.05) is 16.8 Å². The summed E-state index contributed by atoms with van der Waals surface area (Å²) in [5.74, 6) is -1.56. The molecule has 12 heteroatoms. The molecule has 48 heavy (non-hydrogen) atoms.